The first-order valence-electron chi connectivity index (χ1n) is 22.0. The summed E-state index contributed by atoms with van der Waals surface area (Å²) in [7, 11) is 3.63. The number of halogens is 6. The molecule has 18 heteroatoms. The van der Waals surface area contributed by atoms with E-state index in [0.717, 1.165) is 36.4 Å². The fourth-order valence-electron chi connectivity index (χ4n) is 9.01. The summed E-state index contributed by atoms with van der Waals surface area (Å²) in [6.45, 7) is 14.8. The minimum absolute atomic E-state index is 0.0291. The lowest BCUT2D eigenvalue weighted by Gasteiger charge is -2.45. The summed E-state index contributed by atoms with van der Waals surface area (Å²) in [6, 6.07) is 8.04. The van der Waals surface area contributed by atoms with Crippen LogP contribution in [-0.2, 0) is 47.3 Å². The highest BCUT2D eigenvalue weighted by atomic mass is 19.4. The van der Waals surface area contributed by atoms with E-state index in [4.69, 9.17) is 18.9 Å². The van der Waals surface area contributed by atoms with Gasteiger partial charge in [0.2, 0.25) is 0 Å². The summed E-state index contributed by atoms with van der Waals surface area (Å²) in [5, 5.41) is 44.5. The van der Waals surface area contributed by atoms with Crippen molar-refractivity contribution in [1.82, 2.24) is 4.90 Å². The van der Waals surface area contributed by atoms with Crippen molar-refractivity contribution in [3.63, 3.8) is 0 Å². The number of carbonyl (C=O) groups excluding carboxylic acids is 2. The number of aliphatic hydroxyl groups excluding tert-OH is 2. The van der Waals surface area contributed by atoms with Crippen molar-refractivity contribution in [2.75, 3.05) is 14.1 Å². The summed E-state index contributed by atoms with van der Waals surface area (Å²) in [5.41, 5.74) is -2.70. The third kappa shape index (κ3) is 13.4. The van der Waals surface area contributed by atoms with Crippen LogP contribution in [0.4, 0.5) is 26.3 Å². The van der Waals surface area contributed by atoms with Gasteiger partial charge in [-0.25, -0.2) is 0 Å². The first-order chi connectivity index (χ1) is 30.1. The Labute approximate surface area is 377 Å². The van der Waals surface area contributed by atoms with Gasteiger partial charge in [-0.3, -0.25) is 9.59 Å². The van der Waals surface area contributed by atoms with Crippen LogP contribution < -0.4 is 0 Å². The highest BCUT2D eigenvalue weighted by molar-refractivity contribution is 5.99. The van der Waals surface area contributed by atoms with Crippen LogP contribution >= 0.6 is 0 Å². The molecule has 2 saturated heterocycles. The van der Waals surface area contributed by atoms with Crippen molar-refractivity contribution in [3.05, 3.63) is 70.8 Å². The highest BCUT2D eigenvalue weighted by Gasteiger charge is 2.49. The minimum Gasteiger partial charge on any atom is -0.461 e. The Bertz CT molecular complexity index is 1960. The van der Waals surface area contributed by atoms with Crippen molar-refractivity contribution in [2.45, 2.75) is 155 Å². The van der Waals surface area contributed by atoms with E-state index in [1.807, 2.05) is 39.8 Å². The van der Waals surface area contributed by atoms with Gasteiger partial charge in [-0.1, -0.05) is 58.9 Å². The van der Waals surface area contributed by atoms with Crippen molar-refractivity contribution in [3.8, 4) is 0 Å². The van der Waals surface area contributed by atoms with Gasteiger partial charge in [0.15, 0.2) is 6.29 Å². The summed E-state index contributed by atoms with van der Waals surface area (Å²) in [4.78, 5) is 29.8. The Hall–Kier alpha value is -3.94. The topological polar surface area (TPSA) is 160 Å². The number of esters is 2. The molecule has 2 aromatic carbocycles. The zero-order valence-electron chi connectivity index (χ0n) is 38.9. The molecule has 364 valence electrons. The van der Waals surface area contributed by atoms with Gasteiger partial charge < -0.3 is 39.2 Å². The Kier molecular flexibility index (Phi) is 18.0. The fraction of sp³-hybridized carbons (Fsp3) is 0.660. The van der Waals surface area contributed by atoms with Crippen molar-refractivity contribution < 1.29 is 70.2 Å². The van der Waals surface area contributed by atoms with E-state index in [1.165, 1.54) is 26.0 Å². The second-order valence-corrected chi connectivity index (χ2v) is 18.3. The molecule has 12 nitrogen and oxygen atoms in total. The average Bonchev–Trinajstić information content (AvgIpc) is 3.22. The maximum absolute atomic E-state index is 14.2. The lowest BCUT2D eigenvalue weighted by Crippen LogP contribution is -2.57. The Balaban J connectivity index is 1.84. The molecule has 2 fully saturated rings. The number of benzene rings is 2. The zero-order valence-corrected chi connectivity index (χ0v) is 38.9. The van der Waals surface area contributed by atoms with Crippen molar-refractivity contribution >= 4 is 23.4 Å². The molecule has 0 aromatic heterocycles. The van der Waals surface area contributed by atoms with Crippen LogP contribution in [0.2, 0.25) is 0 Å². The van der Waals surface area contributed by atoms with Crippen LogP contribution in [0.3, 0.4) is 0 Å². The monoisotopic (exact) mass is 929 g/mol. The standard InChI is InChI=1S/C47H65F6N3O9/c1-12-36-45(9,61)42(59)27(5)38(55-54-30(8)32-15-19-34(20-16-32)47(51,52)53)24(2)21-25(3)40(65-44-39(58)35(56(10)11)22-26(4)62-44)28(6)41(29(7)43(60)63-36)64-37(57)23-31-13-17-33(18-14-31)46(48,49)50/h13-20,24-29,35-36,39-42,44,58-59,61H,12,21-23H2,1-11H3. The molecule has 0 saturated carbocycles. The number of alkyl halides is 6. The van der Waals surface area contributed by atoms with E-state index in [0.29, 0.717) is 17.7 Å². The zero-order chi connectivity index (χ0) is 48.9. The second kappa shape index (κ2) is 21.8. The summed E-state index contributed by atoms with van der Waals surface area (Å²) >= 11 is 0. The van der Waals surface area contributed by atoms with Crippen LogP contribution in [0.15, 0.2) is 58.7 Å². The Morgan fingerprint density at radius 1 is 0.877 bits per heavy atom. The smallest absolute Gasteiger partial charge is 0.416 e. The molecule has 0 bridgehead atoms. The normalized spacial score (nSPS) is 34.5. The molecule has 14 atom stereocenters. The van der Waals surface area contributed by atoms with E-state index in [9.17, 15) is 51.3 Å². The van der Waals surface area contributed by atoms with Gasteiger partial charge in [-0.2, -0.15) is 36.5 Å². The maximum Gasteiger partial charge on any atom is 0.416 e. The molecule has 2 aromatic rings. The predicted molar refractivity (Wildman–Crippen MR) is 231 cm³/mol. The van der Waals surface area contributed by atoms with E-state index < -0.39 is 114 Å². The number of hydrogen-bond donors (Lipinski definition) is 3. The minimum atomic E-state index is -4.59. The van der Waals surface area contributed by atoms with Gasteiger partial charge >= 0.3 is 24.3 Å². The third-order valence-corrected chi connectivity index (χ3v) is 12.9. The molecule has 0 spiro atoms. The number of likely N-dealkylation sites (N-methyl/N-ethyl adjacent to an activating group) is 1. The number of carbonyl (C=O) groups is 2. The molecule has 14 unspecified atom stereocenters. The quantitative estimate of drug-likeness (QED) is 0.0978. The van der Waals surface area contributed by atoms with Crippen LogP contribution in [0, 0.1) is 29.6 Å². The lowest BCUT2D eigenvalue weighted by atomic mass is 9.75. The highest BCUT2D eigenvalue weighted by Crippen LogP contribution is 2.38. The molecular formula is C47H65F6N3O9. The van der Waals surface area contributed by atoms with Gasteiger partial charge in [0.1, 0.15) is 23.9 Å². The number of rotatable bonds is 9. The van der Waals surface area contributed by atoms with Gasteiger partial charge in [0.05, 0.1) is 47.5 Å². The average molecular weight is 930 g/mol. The molecule has 0 aliphatic carbocycles. The first-order valence-corrected chi connectivity index (χ1v) is 22.0. The fourth-order valence-corrected chi connectivity index (χ4v) is 9.01. The second-order valence-electron chi connectivity index (χ2n) is 18.3. The van der Waals surface area contributed by atoms with Gasteiger partial charge in [-0.15, -0.1) is 0 Å². The van der Waals surface area contributed by atoms with Gasteiger partial charge in [0.25, 0.3) is 0 Å². The van der Waals surface area contributed by atoms with Crippen LogP contribution in [0.1, 0.15) is 104 Å². The molecule has 65 heavy (non-hydrogen) atoms. The molecule has 4 rings (SSSR count). The van der Waals surface area contributed by atoms with E-state index >= 15 is 0 Å². The van der Waals surface area contributed by atoms with E-state index in [2.05, 4.69) is 10.2 Å². The van der Waals surface area contributed by atoms with Crippen molar-refractivity contribution in [2.24, 2.45) is 39.8 Å². The van der Waals surface area contributed by atoms with Crippen LogP contribution in [0.25, 0.3) is 0 Å². The number of cyclic esters (lactones) is 1. The number of ether oxygens (including phenoxy) is 4. The van der Waals surface area contributed by atoms with Gasteiger partial charge in [-0.05, 0) is 108 Å². The summed E-state index contributed by atoms with van der Waals surface area (Å²) in [6.07, 6.45) is -16.7. The molecule has 0 radical (unpaired) electrons. The predicted octanol–water partition coefficient (Wildman–Crippen LogP) is 7.87. The Morgan fingerprint density at radius 2 is 1.43 bits per heavy atom. The first kappa shape index (κ1) is 53.7. The summed E-state index contributed by atoms with van der Waals surface area (Å²) in [5.74, 6) is -5.89. The molecule has 2 aliphatic rings. The number of nitrogens with zero attached hydrogens (tertiary/aromatic N) is 3. The molecule has 2 heterocycles. The van der Waals surface area contributed by atoms with Crippen LogP contribution in [0.5, 0.6) is 0 Å². The van der Waals surface area contributed by atoms with E-state index in [1.54, 1.807) is 27.7 Å². The van der Waals surface area contributed by atoms with Crippen LogP contribution in [-0.4, -0.2) is 112 Å². The third-order valence-electron chi connectivity index (χ3n) is 12.9. The maximum atomic E-state index is 14.2. The molecule has 2 aliphatic heterocycles. The SMILES string of the molecule is CCC1OC(=O)C(C)C(OC(=O)Cc2ccc(C(F)(F)F)cc2)C(C)C(OC2OC(C)CC(N(C)C)C2O)C(C)CC(C)C(=NN=C(C)c2ccc(C(F)(F)F)cc2)C(C)C(O)C1(C)O. The largest absolute Gasteiger partial charge is 0.461 e. The number of aliphatic hydroxyl groups is 3. The van der Waals surface area contributed by atoms with Gasteiger partial charge in [0, 0.05) is 23.6 Å². The molecular weight excluding hydrogens is 865 g/mol. The molecule has 3 N–H and O–H groups in total. The molecule has 0 amide bonds. The summed E-state index contributed by atoms with van der Waals surface area (Å²) < 4.78 is 105. The van der Waals surface area contributed by atoms with Crippen molar-refractivity contribution in [1.29, 1.82) is 0 Å². The lowest BCUT2D eigenvalue weighted by molar-refractivity contribution is -0.283. The Morgan fingerprint density at radius 3 is 1.95 bits per heavy atom. The van der Waals surface area contributed by atoms with E-state index in [-0.39, 0.29) is 36.3 Å². The number of hydrogen-bond acceptors (Lipinski definition) is 12.